The molecule has 0 aliphatic carbocycles. The highest BCUT2D eigenvalue weighted by atomic mass is 16.3. The van der Waals surface area contributed by atoms with Crippen LogP contribution in [-0.4, -0.2) is 12.2 Å². The van der Waals surface area contributed by atoms with Crippen molar-refractivity contribution in [2.24, 2.45) is 0 Å². The summed E-state index contributed by atoms with van der Waals surface area (Å²) in [4.78, 5) is 2.17. The summed E-state index contributed by atoms with van der Waals surface area (Å²) in [6, 6.07) is 14.5. The molecule has 2 nitrogen and oxygen atoms in total. The van der Waals surface area contributed by atoms with Gasteiger partial charge in [0.2, 0.25) is 0 Å². The van der Waals surface area contributed by atoms with Crippen LogP contribution >= 0.6 is 0 Å². The van der Waals surface area contributed by atoms with Gasteiger partial charge in [-0.3, -0.25) is 0 Å². The fourth-order valence-corrected chi connectivity index (χ4v) is 2.30. The van der Waals surface area contributed by atoms with E-state index >= 15 is 0 Å². The Bertz CT molecular complexity index is 558. The van der Waals surface area contributed by atoms with Crippen LogP contribution < -0.4 is 4.90 Å². The third-order valence-corrected chi connectivity index (χ3v) is 3.48. The highest BCUT2D eigenvalue weighted by Gasteiger charge is 2.08. The van der Waals surface area contributed by atoms with Crippen LogP contribution in [0.5, 0.6) is 0 Å². The minimum Gasteiger partial charge on any atom is -0.389 e. The number of anilines is 2. The van der Waals surface area contributed by atoms with Gasteiger partial charge >= 0.3 is 0 Å². The summed E-state index contributed by atoms with van der Waals surface area (Å²) in [6.07, 6.45) is -0.416. The van der Waals surface area contributed by atoms with E-state index < -0.39 is 6.10 Å². The molecular weight excluding hydrogens is 234 g/mol. The Balaban J connectivity index is 2.30. The van der Waals surface area contributed by atoms with E-state index in [1.165, 1.54) is 16.8 Å². The van der Waals surface area contributed by atoms with Gasteiger partial charge in [-0.05, 0) is 50.1 Å². The zero-order chi connectivity index (χ0) is 14.0. The Morgan fingerprint density at radius 1 is 1.00 bits per heavy atom. The fraction of sp³-hybridized carbons (Fsp3) is 0.294. The smallest absolute Gasteiger partial charge is 0.0761 e. The van der Waals surface area contributed by atoms with Gasteiger partial charge in [-0.1, -0.05) is 29.8 Å². The van der Waals surface area contributed by atoms with Gasteiger partial charge in [0.1, 0.15) is 0 Å². The molecule has 1 N–H and O–H groups in total. The first-order chi connectivity index (χ1) is 8.99. The molecule has 0 spiro atoms. The average molecular weight is 255 g/mol. The highest BCUT2D eigenvalue weighted by Crippen LogP contribution is 2.28. The lowest BCUT2D eigenvalue weighted by Gasteiger charge is -2.22. The van der Waals surface area contributed by atoms with Crippen LogP contribution in [0.1, 0.15) is 29.7 Å². The van der Waals surface area contributed by atoms with Crippen LogP contribution in [0.15, 0.2) is 42.5 Å². The first kappa shape index (κ1) is 13.6. The molecular formula is C17H21NO. The molecule has 0 aliphatic heterocycles. The molecule has 2 aromatic rings. The van der Waals surface area contributed by atoms with Gasteiger partial charge in [-0.2, -0.15) is 0 Å². The molecule has 0 aromatic heterocycles. The van der Waals surface area contributed by atoms with Gasteiger partial charge in [0.15, 0.2) is 0 Å². The minimum atomic E-state index is -0.416. The standard InChI is InChI=1S/C17H21NO/c1-12-5-10-17(13(2)11-12)18(4)16-8-6-15(7-9-16)14(3)19/h5-11,14,19H,1-4H3. The molecule has 0 radical (unpaired) electrons. The van der Waals surface area contributed by atoms with Gasteiger partial charge < -0.3 is 10.0 Å². The Hall–Kier alpha value is -1.80. The monoisotopic (exact) mass is 255 g/mol. The van der Waals surface area contributed by atoms with E-state index in [4.69, 9.17) is 0 Å². The van der Waals surface area contributed by atoms with Crippen molar-refractivity contribution < 1.29 is 5.11 Å². The predicted octanol–water partition coefficient (Wildman–Crippen LogP) is 4.12. The van der Waals surface area contributed by atoms with E-state index in [1.807, 2.05) is 24.3 Å². The van der Waals surface area contributed by atoms with E-state index in [-0.39, 0.29) is 0 Å². The van der Waals surface area contributed by atoms with Gasteiger partial charge in [0, 0.05) is 18.4 Å². The molecule has 2 aromatic carbocycles. The lowest BCUT2D eigenvalue weighted by Crippen LogP contribution is -2.11. The van der Waals surface area contributed by atoms with Crippen molar-refractivity contribution in [3.8, 4) is 0 Å². The number of benzene rings is 2. The maximum atomic E-state index is 9.53. The average Bonchev–Trinajstić information content (AvgIpc) is 2.38. The van der Waals surface area contributed by atoms with Gasteiger partial charge in [-0.15, -0.1) is 0 Å². The van der Waals surface area contributed by atoms with Crippen molar-refractivity contribution in [2.45, 2.75) is 26.9 Å². The topological polar surface area (TPSA) is 23.5 Å². The van der Waals surface area contributed by atoms with Crippen molar-refractivity contribution >= 4 is 11.4 Å². The maximum Gasteiger partial charge on any atom is 0.0761 e. The molecule has 0 amide bonds. The molecule has 0 aliphatic rings. The van der Waals surface area contributed by atoms with Crippen LogP contribution in [0.3, 0.4) is 0 Å². The van der Waals surface area contributed by atoms with Crippen molar-refractivity contribution in [3.63, 3.8) is 0 Å². The molecule has 0 saturated heterocycles. The largest absolute Gasteiger partial charge is 0.389 e. The second-order valence-electron chi connectivity index (χ2n) is 5.12. The van der Waals surface area contributed by atoms with E-state index in [2.05, 4.69) is 44.0 Å². The highest BCUT2D eigenvalue weighted by molar-refractivity contribution is 5.66. The number of nitrogens with zero attached hydrogens (tertiary/aromatic N) is 1. The summed E-state index contributed by atoms with van der Waals surface area (Å²) >= 11 is 0. The van der Waals surface area contributed by atoms with Crippen LogP contribution in [0.25, 0.3) is 0 Å². The van der Waals surface area contributed by atoms with Gasteiger partial charge in [0.25, 0.3) is 0 Å². The molecule has 1 atom stereocenters. The normalized spacial score (nSPS) is 12.3. The maximum absolute atomic E-state index is 9.53. The summed E-state index contributed by atoms with van der Waals surface area (Å²) in [7, 11) is 2.06. The number of rotatable bonds is 3. The van der Waals surface area contributed by atoms with Crippen molar-refractivity contribution in [2.75, 3.05) is 11.9 Å². The SMILES string of the molecule is Cc1ccc(N(C)c2ccc(C(C)O)cc2)c(C)c1. The number of aliphatic hydroxyl groups excluding tert-OH is 1. The van der Waals surface area contributed by atoms with Crippen LogP contribution in [-0.2, 0) is 0 Å². The number of hydrogen-bond donors (Lipinski definition) is 1. The predicted molar refractivity (Wildman–Crippen MR) is 81.1 cm³/mol. The lowest BCUT2D eigenvalue weighted by atomic mass is 10.1. The third-order valence-electron chi connectivity index (χ3n) is 3.48. The Labute approximate surface area is 115 Å². The quantitative estimate of drug-likeness (QED) is 0.891. The van der Waals surface area contributed by atoms with Gasteiger partial charge in [0.05, 0.1) is 6.10 Å². The zero-order valence-corrected chi connectivity index (χ0v) is 12.0. The summed E-state index contributed by atoms with van der Waals surface area (Å²) < 4.78 is 0. The minimum absolute atomic E-state index is 0.416. The first-order valence-electron chi connectivity index (χ1n) is 6.58. The Morgan fingerprint density at radius 3 is 2.16 bits per heavy atom. The van der Waals surface area contributed by atoms with Crippen molar-refractivity contribution in [1.29, 1.82) is 0 Å². The molecule has 0 heterocycles. The number of aryl methyl sites for hydroxylation is 2. The zero-order valence-electron chi connectivity index (χ0n) is 12.0. The molecule has 0 bridgehead atoms. The lowest BCUT2D eigenvalue weighted by molar-refractivity contribution is 0.199. The molecule has 19 heavy (non-hydrogen) atoms. The van der Waals surface area contributed by atoms with Crippen LogP contribution in [0.4, 0.5) is 11.4 Å². The van der Waals surface area contributed by atoms with E-state index in [0.29, 0.717) is 0 Å². The molecule has 1 unspecified atom stereocenters. The molecule has 2 heteroatoms. The third kappa shape index (κ3) is 2.96. The van der Waals surface area contributed by atoms with E-state index in [9.17, 15) is 5.11 Å². The van der Waals surface area contributed by atoms with Gasteiger partial charge in [-0.25, -0.2) is 0 Å². The summed E-state index contributed by atoms with van der Waals surface area (Å²) in [5, 5.41) is 9.53. The fourth-order valence-electron chi connectivity index (χ4n) is 2.30. The molecule has 0 fully saturated rings. The second kappa shape index (κ2) is 5.45. The molecule has 2 rings (SSSR count). The van der Waals surface area contributed by atoms with E-state index in [0.717, 1.165) is 11.3 Å². The summed E-state index contributed by atoms with van der Waals surface area (Å²) in [5.74, 6) is 0. The first-order valence-corrected chi connectivity index (χ1v) is 6.58. The van der Waals surface area contributed by atoms with E-state index in [1.54, 1.807) is 6.92 Å². The van der Waals surface area contributed by atoms with Crippen LogP contribution in [0.2, 0.25) is 0 Å². The van der Waals surface area contributed by atoms with Crippen molar-refractivity contribution in [1.82, 2.24) is 0 Å². The summed E-state index contributed by atoms with van der Waals surface area (Å²) in [5.41, 5.74) is 5.81. The Kier molecular flexibility index (Phi) is 3.91. The van der Waals surface area contributed by atoms with Crippen LogP contribution in [0, 0.1) is 13.8 Å². The number of aliphatic hydroxyl groups is 1. The molecule has 100 valence electrons. The molecule has 0 saturated carbocycles. The number of hydrogen-bond acceptors (Lipinski definition) is 2. The summed E-state index contributed by atoms with van der Waals surface area (Å²) in [6.45, 7) is 6.01. The Morgan fingerprint density at radius 2 is 1.63 bits per heavy atom. The van der Waals surface area contributed by atoms with Crippen molar-refractivity contribution in [3.05, 3.63) is 59.2 Å². The second-order valence-corrected chi connectivity index (χ2v) is 5.12.